The number of carbonyl (C=O) groups excluding carboxylic acids is 1. The molecule has 4 rings (SSSR count). The lowest BCUT2D eigenvalue weighted by molar-refractivity contribution is -0.129. The average Bonchev–Trinajstić information content (AvgIpc) is 3.06. The van der Waals surface area contributed by atoms with E-state index < -0.39 is 8.32 Å². The maximum atomic E-state index is 13.4. The molecule has 0 radical (unpaired) electrons. The summed E-state index contributed by atoms with van der Waals surface area (Å²) in [6.45, 7) is 14.4. The largest absolute Gasteiger partial charge is 0.489 e. The van der Waals surface area contributed by atoms with Crippen LogP contribution in [0.4, 0.5) is 0 Å². The van der Waals surface area contributed by atoms with Gasteiger partial charge in [0.15, 0.2) is 8.32 Å². The molecule has 0 N–H and O–H groups in total. The summed E-state index contributed by atoms with van der Waals surface area (Å²) in [6.07, 6.45) is 4.03. The highest BCUT2D eigenvalue weighted by atomic mass is 28.4. The van der Waals surface area contributed by atoms with Crippen LogP contribution < -0.4 is 4.74 Å². The van der Waals surface area contributed by atoms with Gasteiger partial charge in [-0.25, -0.2) is 0 Å². The Balaban J connectivity index is 1.42. The van der Waals surface area contributed by atoms with E-state index in [-0.39, 0.29) is 22.5 Å². The van der Waals surface area contributed by atoms with Crippen LogP contribution in [-0.4, -0.2) is 20.2 Å². The summed E-state index contributed by atoms with van der Waals surface area (Å²) in [5, 5.41) is 0.187. The minimum atomic E-state index is -1.86. The van der Waals surface area contributed by atoms with Crippen molar-refractivity contribution in [2.24, 2.45) is 11.3 Å². The summed E-state index contributed by atoms with van der Waals surface area (Å²) in [5.74, 6) is 1.76. The monoisotopic (exact) mass is 464 g/mol. The van der Waals surface area contributed by atoms with E-state index in [1.54, 1.807) is 0 Å². The predicted molar refractivity (Wildman–Crippen MR) is 137 cm³/mol. The fraction of sp³-hybridized carbons (Fsp3) is 0.552. The zero-order valence-corrected chi connectivity index (χ0v) is 22.2. The Hall–Kier alpha value is -1.91. The second-order valence-corrected chi connectivity index (χ2v) is 16.7. The molecule has 33 heavy (non-hydrogen) atoms. The number of hydrogen-bond acceptors (Lipinski definition) is 3. The topological polar surface area (TPSA) is 35.5 Å². The first-order valence-corrected chi connectivity index (χ1v) is 15.4. The van der Waals surface area contributed by atoms with Crippen LogP contribution in [0.5, 0.6) is 5.75 Å². The lowest BCUT2D eigenvalue weighted by atomic mass is 9.63. The lowest BCUT2D eigenvalue weighted by Crippen LogP contribution is -2.50. The van der Waals surface area contributed by atoms with Gasteiger partial charge in [0.05, 0.1) is 6.10 Å². The van der Waals surface area contributed by atoms with Crippen LogP contribution in [0.1, 0.15) is 70.4 Å². The van der Waals surface area contributed by atoms with Crippen molar-refractivity contribution in [1.29, 1.82) is 0 Å². The molecular formula is C29H40O3Si. The van der Waals surface area contributed by atoms with E-state index in [4.69, 9.17) is 9.16 Å². The van der Waals surface area contributed by atoms with Crippen LogP contribution in [0.3, 0.4) is 0 Å². The van der Waals surface area contributed by atoms with Crippen molar-refractivity contribution in [1.82, 2.24) is 0 Å². The van der Waals surface area contributed by atoms with Gasteiger partial charge in [0.1, 0.15) is 18.1 Å². The number of ether oxygens (including phenoxy) is 1. The molecule has 2 aromatic carbocycles. The van der Waals surface area contributed by atoms with E-state index in [1.807, 2.05) is 30.3 Å². The second-order valence-electron chi connectivity index (χ2n) is 11.9. The summed E-state index contributed by atoms with van der Waals surface area (Å²) in [5.41, 5.74) is 2.25. The third-order valence-electron chi connectivity index (χ3n) is 8.68. The molecule has 0 amide bonds. The summed E-state index contributed by atoms with van der Waals surface area (Å²) in [4.78, 5) is 13.4. The van der Waals surface area contributed by atoms with Crippen LogP contribution in [-0.2, 0) is 15.8 Å². The van der Waals surface area contributed by atoms with Crippen molar-refractivity contribution in [2.75, 3.05) is 0 Å². The predicted octanol–water partition coefficient (Wildman–Crippen LogP) is 7.52. The summed E-state index contributed by atoms with van der Waals surface area (Å²) >= 11 is 0. The number of Topliss-reactive ketones (excluding diaryl/α,β-unsaturated/α-hetero) is 1. The summed E-state index contributed by atoms with van der Waals surface area (Å²) < 4.78 is 12.8. The summed E-state index contributed by atoms with van der Waals surface area (Å²) in [7, 11) is -1.86. The Bertz CT molecular complexity index is 961. The third-order valence-corrected chi connectivity index (χ3v) is 13.2. The first-order valence-electron chi connectivity index (χ1n) is 12.5. The molecule has 0 spiro atoms. The molecule has 0 aliphatic heterocycles. The van der Waals surface area contributed by atoms with Crippen molar-refractivity contribution in [2.45, 2.75) is 90.1 Å². The maximum absolute atomic E-state index is 13.4. The smallest absolute Gasteiger partial charge is 0.192 e. The first-order chi connectivity index (χ1) is 15.5. The molecule has 178 valence electrons. The Morgan fingerprint density at radius 1 is 1.00 bits per heavy atom. The second kappa shape index (κ2) is 9.03. The number of ketones is 1. The molecule has 0 unspecified atom stereocenters. The maximum Gasteiger partial charge on any atom is 0.192 e. The van der Waals surface area contributed by atoms with E-state index in [9.17, 15) is 4.79 Å². The van der Waals surface area contributed by atoms with Crippen LogP contribution in [0.15, 0.2) is 54.6 Å². The standard InChI is InChI=1S/C29H40O3Si/c1-28(2,3)33(5,6)32-27-17-14-23-18-25(26(30)19-29(23,27)4)22-12-15-24(16-13-22)31-20-21-10-8-7-9-11-21/h7-13,15-16,23,25,27H,14,17-20H2,1-6H3/t23-,25-,27-,29-/m0/s1. The molecule has 0 aromatic heterocycles. The Morgan fingerprint density at radius 3 is 2.30 bits per heavy atom. The highest BCUT2D eigenvalue weighted by Gasteiger charge is 2.55. The van der Waals surface area contributed by atoms with Crippen LogP contribution >= 0.6 is 0 Å². The molecule has 2 fully saturated rings. The van der Waals surface area contributed by atoms with Gasteiger partial charge < -0.3 is 9.16 Å². The van der Waals surface area contributed by atoms with E-state index >= 15 is 0 Å². The normalized spacial score (nSPS) is 27.9. The van der Waals surface area contributed by atoms with Crippen molar-refractivity contribution >= 4 is 14.1 Å². The van der Waals surface area contributed by atoms with Crippen LogP contribution in [0.2, 0.25) is 18.1 Å². The van der Waals surface area contributed by atoms with Gasteiger partial charge in [-0.05, 0) is 66.6 Å². The van der Waals surface area contributed by atoms with Gasteiger partial charge in [-0.2, -0.15) is 0 Å². The van der Waals surface area contributed by atoms with E-state index in [0.717, 1.165) is 36.1 Å². The lowest BCUT2D eigenvalue weighted by Gasteiger charge is -2.47. The van der Waals surface area contributed by atoms with Crippen molar-refractivity contribution < 1.29 is 14.0 Å². The van der Waals surface area contributed by atoms with Crippen molar-refractivity contribution in [3.63, 3.8) is 0 Å². The quantitative estimate of drug-likeness (QED) is 0.415. The van der Waals surface area contributed by atoms with Gasteiger partial charge in [-0.1, -0.05) is 70.2 Å². The zero-order valence-electron chi connectivity index (χ0n) is 21.2. The van der Waals surface area contributed by atoms with Gasteiger partial charge in [0.25, 0.3) is 0 Å². The van der Waals surface area contributed by atoms with E-state index in [0.29, 0.717) is 24.7 Å². The summed E-state index contributed by atoms with van der Waals surface area (Å²) in [6, 6.07) is 18.4. The molecule has 2 aromatic rings. The fourth-order valence-electron chi connectivity index (χ4n) is 5.42. The van der Waals surface area contributed by atoms with Gasteiger partial charge in [-0.15, -0.1) is 0 Å². The highest BCUT2D eigenvalue weighted by Crippen LogP contribution is 2.56. The molecular weight excluding hydrogens is 424 g/mol. The minimum Gasteiger partial charge on any atom is -0.489 e. The average molecular weight is 465 g/mol. The van der Waals surface area contributed by atoms with Crippen LogP contribution in [0.25, 0.3) is 0 Å². The van der Waals surface area contributed by atoms with Gasteiger partial charge in [0, 0.05) is 17.8 Å². The molecule has 4 heteroatoms. The minimum absolute atomic E-state index is 0.00197. The number of benzene rings is 2. The van der Waals surface area contributed by atoms with Gasteiger partial charge in [0.2, 0.25) is 0 Å². The number of carbonyl (C=O) groups is 1. The molecule has 0 saturated heterocycles. The van der Waals surface area contributed by atoms with Crippen molar-refractivity contribution in [3.05, 3.63) is 65.7 Å². The third kappa shape index (κ3) is 4.97. The van der Waals surface area contributed by atoms with Gasteiger partial charge >= 0.3 is 0 Å². The molecule has 2 aliphatic rings. The SMILES string of the molecule is CC(C)(C)[Si](C)(C)O[C@H]1CC[C@H]2C[C@@H](c3ccc(OCc4ccccc4)cc3)C(=O)C[C@@]21C. The molecule has 0 heterocycles. The zero-order chi connectivity index (χ0) is 23.9. The number of rotatable bonds is 6. The molecule has 4 atom stereocenters. The Kier molecular flexibility index (Phi) is 6.63. The van der Waals surface area contributed by atoms with E-state index in [2.05, 4.69) is 65.1 Å². The highest BCUT2D eigenvalue weighted by molar-refractivity contribution is 6.74. The Morgan fingerprint density at radius 2 is 1.67 bits per heavy atom. The van der Waals surface area contributed by atoms with Crippen molar-refractivity contribution in [3.8, 4) is 5.75 Å². The van der Waals surface area contributed by atoms with Gasteiger partial charge in [-0.3, -0.25) is 4.79 Å². The molecule has 2 saturated carbocycles. The number of fused-ring (bicyclic) bond motifs is 1. The van der Waals surface area contributed by atoms with Crippen LogP contribution in [0, 0.1) is 11.3 Å². The Labute approximate surface area is 201 Å². The molecule has 2 aliphatic carbocycles. The number of hydrogen-bond donors (Lipinski definition) is 0. The molecule has 0 bridgehead atoms. The first kappa shape index (κ1) is 24.2. The fourth-order valence-corrected chi connectivity index (χ4v) is 6.87. The molecule has 3 nitrogen and oxygen atoms in total. The van der Waals surface area contributed by atoms with E-state index in [1.165, 1.54) is 0 Å².